The number of halogens is 1. The first-order valence-electron chi connectivity index (χ1n) is 4.17. The quantitative estimate of drug-likeness (QED) is 0.648. The van der Waals surface area contributed by atoms with Crippen LogP contribution in [0.15, 0.2) is 21.2 Å². The minimum Gasteiger partial charge on any atom is -0.453 e. The Morgan fingerprint density at radius 1 is 1.54 bits per heavy atom. The second-order valence-corrected chi connectivity index (χ2v) is 3.34. The Labute approximate surface area is 86.8 Å². The molecule has 0 bridgehead atoms. The maximum absolute atomic E-state index is 5.31. The van der Waals surface area contributed by atoms with Crippen molar-refractivity contribution in [3.05, 3.63) is 22.6 Å². The largest absolute Gasteiger partial charge is 0.453 e. The van der Waals surface area contributed by atoms with E-state index in [0.717, 1.165) is 29.9 Å². The van der Waals surface area contributed by atoms with Gasteiger partial charge in [-0.1, -0.05) is 0 Å². The third kappa shape index (κ3) is 4.16. The van der Waals surface area contributed by atoms with Gasteiger partial charge in [-0.25, -0.2) is 0 Å². The first-order chi connectivity index (χ1) is 6.33. The van der Waals surface area contributed by atoms with E-state index in [1.54, 1.807) is 0 Å². The molecule has 0 amide bonds. The summed E-state index contributed by atoms with van der Waals surface area (Å²) >= 11 is 3.25. The highest BCUT2D eigenvalue weighted by atomic mass is 79.9. The zero-order valence-corrected chi connectivity index (χ0v) is 9.15. The summed E-state index contributed by atoms with van der Waals surface area (Å²) in [5.41, 5.74) is 0. The van der Waals surface area contributed by atoms with Crippen LogP contribution in [-0.4, -0.2) is 6.54 Å². The fraction of sp³-hybridized carbons (Fsp3) is 0.400. The molecular weight excluding hydrogens is 230 g/mol. The lowest BCUT2D eigenvalue weighted by Crippen LogP contribution is -2.13. The number of hydrogen-bond donors (Lipinski definition) is 1. The fourth-order valence-corrected chi connectivity index (χ4v) is 1.27. The molecule has 1 heterocycles. The standard InChI is InChI=1S/C10H12BrNO/c1-2-3-4-7-12-8-9-5-6-10(11)13-9/h5-6,12H,4,7-8H2,1H3. The predicted molar refractivity (Wildman–Crippen MR) is 56.2 cm³/mol. The third-order valence-electron chi connectivity index (χ3n) is 1.53. The molecule has 1 aromatic heterocycles. The fourth-order valence-electron chi connectivity index (χ4n) is 0.934. The van der Waals surface area contributed by atoms with Crippen molar-refractivity contribution >= 4 is 15.9 Å². The van der Waals surface area contributed by atoms with Crippen LogP contribution < -0.4 is 5.32 Å². The molecule has 0 saturated heterocycles. The van der Waals surface area contributed by atoms with Crippen LogP contribution >= 0.6 is 15.9 Å². The van der Waals surface area contributed by atoms with Gasteiger partial charge >= 0.3 is 0 Å². The normalized spacial score (nSPS) is 9.38. The lowest BCUT2D eigenvalue weighted by molar-refractivity contribution is 0.467. The number of furan rings is 1. The van der Waals surface area contributed by atoms with Crippen LogP contribution in [0.2, 0.25) is 0 Å². The monoisotopic (exact) mass is 241 g/mol. The molecule has 0 atom stereocenters. The smallest absolute Gasteiger partial charge is 0.169 e. The molecule has 2 nitrogen and oxygen atoms in total. The average molecular weight is 242 g/mol. The molecule has 3 heteroatoms. The summed E-state index contributed by atoms with van der Waals surface area (Å²) < 4.78 is 6.08. The third-order valence-corrected chi connectivity index (χ3v) is 1.96. The van der Waals surface area contributed by atoms with Crippen molar-refractivity contribution in [2.45, 2.75) is 19.9 Å². The molecule has 0 radical (unpaired) electrons. The van der Waals surface area contributed by atoms with Gasteiger partial charge in [0.25, 0.3) is 0 Å². The molecule has 0 aromatic carbocycles. The molecule has 1 N–H and O–H groups in total. The van der Waals surface area contributed by atoms with Crippen molar-refractivity contribution in [3.8, 4) is 11.8 Å². The molecule has 1 rings (SSSR count). The zero-order chi connectivity index (χ0) is 9.52. The molecule has 0 aliphatic carbocycles. The molecule has 70 valence electrons. The van der Waals surface area contributed by atoms with Crippen molar-refractivity contribution in [1.29, 1.82) is 0 Å². The maximum Gasteiger partial charge on any atom is 0.169 e. The van der Waals surface area contributed by atoms with Gasteiger partial charge in [0.2, 0.25) is 0 Å². The maximum atomic E-state index is 5.31. The summed E-state index contributed by atoms with van der Waals surface area (Å²) in [7, 11) is 0. The van der Waals surface area contributed by atoms with Gasteiger partial charge in [0.1, 0.15) is 5.76 Å². The number of rotatable bonds is 4. The topological polar surface area (TPSA) is 25.2 Å². The SMILES string of the molecule is CC#CCCNCc1ccc(Br)o1. The van der Waals surface area contributed by atoms with E-state index in [2.05, 4.69) is 33.1 Å². The molecule has 0 saturated carbocycles. The molecule has 13 heavy (non-hydrogen) atoms. The minimum atomic E-state index is 0.761. The van der Waals surface area contributed by atoms with Crippen molar-refractivity contribution in [1.82, 2.24) is 5.32 Å². The first-order valence-corrected chi connectivity index (χ1v) is 4.97. The van der Waals surface area contributed by atoms with Gasteiger partial charge in [0.05, 0.1) is 6.54 Å². The van der Waals surface area contributed by atoms with E-state index in [1.165, 1.54) is 0 Å². The van der Waals surface area contributed by atoms with Crippen LogP contribution in [0.4, 0.5) is 0 Å². The van der Waals surface area contributed by atoms with Gasteiger partial charge in [-0.05, 0) is 35.0 Å². The lowest BCUT2D eigenvalue weighted by Gasteiger charge is -1.97. The Hall–Kier alpha value is -0.720. The van der Waals surface area contributed by atoms with Crippen LogP contribution in [0.25, 0.3) is 0 Å². The highest BCUT2D eigenvalue weighted by molar-refractivity contribution is 9.10. The van der Waals surface area contributed by atoms with Crippen molar-refractivity contribution in [3.63, 3.8) is 0 Å². The number of hydrogen-bond acceptors (Lipinski definition) is 2. The second kappa shape index (κ2) is 5.85. The van der Waals surface area contributed by atoms with Crippen LogP contribution in [-0.2, 0) is 6.54 Å². The van der Waals surface area contributed by atoms with Gasteiger partial charge in [-0.2, -0.15) is 0 Å². The summed E-state index contributed by atoms with van der Waals surface area (Å²) in [6.07, 6.45) is 0.887. The molecular formula is C10H12BrNO. The van der Waals surface area contributed by atoms with Crippen LogP contribution in [0.1, 0.15) is 19.1 Å². The van der Waals surface area contributed by atoms with E-state index in [1.807, 2.05) is 19.1 Å². The van der Waals surface area contributed by atoms with Gasteiger partial charge in [0.15, 0.2) is 4.67 Å². The summed E-state index contributed by atoms with van der Waals surface area (Å²) in [4.78, 5) is 0. The van der Waals surface area contributed by atoms with Crippen molar-refractivity contribution < 1.29 is 4.42 Å². The van der Waals surface area contributed by atoms with Gasteiger partial charge in [-0.3, -0.25) is 0 Å². The summed E-state index contributed by atoms with van der Waals surface area (Å²) in [5.74, 6) is 6.78. The molecule has 1 aromatic rings. The molecule has 0 aliphatic rings. The second-order valence-electron chi connectivity index (χ2n) is 2.56. The van der Waals surface area contributed by atoms with E-state index in [4.69, 9.17) is 4.42 Å². The number of nitrogens with one attached hydrogen (secondary N) is 1. The van der Waals surface area contributed by atoms with E-state index >= 15 is 0 Å². The van der Waals surface area contributed by atoms with Crippen molar-refractivity contribution in [2.24, 2.45) is 0 Å². The van der Waals surface area contributed by atoms with Gasteiger partial charge in [0, 0.05) is 13.0 Å². The van der Waals surface area contributed by atoms with Gasteiger partial charge < -0.3 is 9.73 Å². The Bertz CT molecular complexity index is 308. The molecule has 0 fully saturated rings. The molecule has 0 aliphatic heterocycles. The Morgan fingerprint density at radius 2 is 2.38 bits per heavy atom. The Balaban J connectivity index is 2.15. The molecule has 0 spiro atoms. The van der Waals surface area contributed by atoms with Gasteiger partial charge in [-0.15, -0.1) is 11.8 Å². The van der Waals surface area contributed by atoms with Crippen LogP contribution in [0, 0.1) is 11.8 Å². The Kier molecular flexibility index (Phi) is 4.66. The Morgan fingerprint density at radius 3 is 3.00 bits per heavy atom. The summed E-state index contributed by atoms with van der Waals surface area (Å²) in [6, 6.07) is 3.84. The highest BCUT2D eigenvalue weighted by Gasteiger charge is 1.96. The predicted octanol–water partition coefficient (Wildman–Crippen LogP) is 2.55. The zero-order valence-electron chi connectivity index (χ0n) is 7.56. The van der Waals surface area contributed by atoms with E-state index in [0.29, 0.717) is 0 Å². The van der Waals surface area contributed by atoms with Crippen LogP contribution in [0.3, 0.4) is 0 Å². The average Bonchev–Trinajstić information content (AvgIpc) is 2.51. The summed E-state index contributed by atoms with van der Waals surface area (Å²) in [6.45, 7) is 3.51. The van der Waals surface area contributed by atoms with Crippen LogP contribution in [0.5, 0.6) is 0 Å². The minimum absolute atomic E-state index is 0.761. The van der Waals surface area contributed by atoms with Crippen molar-refractivity contribution in [2.75, 3.05) is 6.54 Å². The molecule has 0 unspecified atom stereocenters. The summed E-state index contributed by atoms with van der Waals surface area (Å²) in [5, 5.41) is 3.23. The highest BCUT2D eigenvalue weighted by Crippen LogP contribution is 2.13. The van der Waals surface area contributed by atoms with E-state index in [-0.39, 0.29) is 0 Å². The van der Waals surface area contributed by atoms with E-state index < -0.39 is 0 Å². The first kappa shape index (κ1) is 10.4. The van der Waals surface area contributed by atoms with E-state index in [9.17, 15) is 0 Å². The lowest BCUT2D eigenvalue weighted by atomic mass is 10.4.